The molecule has 1 aromatic heterocycles. The van der Waals surface area contributed by atoms with E-state index in [0.717, 1.165) is 5.56 Å². The Labute approximate surface area is 247 Å². The van der Waals surface area contributed by atoms with Crippen LogP contribution in [0.25, 0.3) is 0 Å². The summed E-state index contributed by atoms with van der Waals surface area (Å²) in [4.78, 5) is 64.9. The number of anilines is 1. The average Bonchev–Trinajstić information content (AvgIpc) is 3.66. The number of carboxylic acid groups (broad SMARTS) is 1. The number of fused-ring (bicyclic) bond motifs is 1. The van der Waals surface area contributed by atoms with Crippen LogP contribution in [0.5, 0.6) is 0 Å². The van der Waals surface area contributed by atoms with Gasteiger partial charge in [0.25, 0.3) is 0 Å². The fraction of sp³-hybridized carbons (Fsp3) is 0.379. The molecule has 0 unspecified atom stereocenters. The first-order chi connectivity index (χ1) is 20.7. The normalized spacial score (nSPS) is 15.2. The number of nitrogens with one attached hydrogen (secondary N) is 4. The van der Waals surface area contributed by atoms with Gasteiger partial charge in [-0.3, -0.25) is 28.9 Å². The second kappa shape index (κ2) is 14.2. The van der Waals surface area contributed by atoms with Crippen molar-refractivity contribution < 1.29 is 29.1 Å². The number of carbonyl (C=O) groups is 5. The lowest BCUT2D eigenvalue weighted by Gasteiger charge is -2.27. The van der Waals surface area contributed by atoms with Gasteiger partial charge in [0.1, 0.15) is 12.1 Å². The number of carboxylic acids is 1. The second-order valence-electron chi connectivity index (χ2n) is 10.4. The molecular formula is C29H34N8O6. The van der Waals surface area contributed by atoms with E-state index in [1.54, 1.807) is 36.4 Å². The number of hydrogen-bond donors (Lipinski definition) is 5. The van der Waals surface area contributed by atoms with Gasteiger partial charge >= 0.3 is 5.97 Å². The van der Waals surface area contributed by atoms with Crippen molar-refractivity contribution in [1.29, 1.82) is 0 Å². The number of hydrogen-bond acceptors (Lipinski definition) is 8. The lowest BCUT2D eigenvalue weighted by atomic mass is 9.97. The van der Waals surface area contributed by atoms with Crippen LogP contribution in [0.4, 0.5) is 5.69 Å². The van der Waals surface area contributed by atoms with Crippen molar-refractivity contribution in [3.63, 3.8) is 0 Å². The molecule has 226 valence electrons. The van der Waals surface area contributed by atoms with E-state index in [-0.39, 0.29) is 37.8 Å². The van der Waals surface area contributed by atoms with Crippen LogP contribution in [-0.4, -0.2) is 74.0 Å². The molecule has 2 heterocycles. The molecule has 0 radical (unpaired) electrons. The van der Waals surface area contributed by atoms with Crippen LogP contribution in [0.1, 0.15) is 42.8 Å². The van der Waals surface area contributed by atoms with Gasteiger partial charge in [0, 0.05) is 12.1 Å². The zero-order valence-electron chi connectivity index (χ0n) is 23.9. The molecule has 0 aliphatic carbocycles. The molecule has 4 rings (SSSR count). The number of tetrazole rings is 1. The maximum Gasteiger partial charge on any atom is 0.307 e. The Morgan fingerprint density at radius 1 is 1.02 bits per heavy atom. The van der Waals surface area contributed by atoms with Crippen molar-refractivity contribution in [3.8, 4) is 0 Å². The van der Waals surface area contributed by atoms with Gasteiger partial charge in [-0.25, -0.2) is 0 Å². The minimum absolute atomic E-state index is 0.00227. The SMILES string of the molecule is CC[C@H](C)[C@H](NC(=O)Cc1ccc(CC(=O)O)cc1)C(=O)NCC(=O)N1c2ccccc2C[C@H]1C(=O)NCc1nn[nH]n1. The molecule has 3 aromatic rings. The van der Waals surface area contributed by atoms with E-state index in [1.807, 2.05) is 26.0 Å². The van der Waals surface area contributed by atoms with Crippen LogP contribution in [0.15, 0.2) is 48.5 Å². The molecule has 0 saturated carbocycles. The predicted octanol–water partition coefficient (Wildman–Crippen LogP) is 0.291. The number of rotatable bonds is 13. The molecule has 0 saturated heterocycles. The van der Waals surface area contributed by atoms with E-state index in [0.29, 0.717) is 35.5 Å². The van der Waals surface area contributed by atoms with Crippen LogP contribution in [-0.2, 0) is 49.8 Å². The highest BCUT2D eigenvalue weighted by Crippen LogP contribution is 2.32. The van der Waals surface area contributed by atoms with Crippen molar-refractivity contribution in [2.45, 2.75) is 58.2 Å². The van der Waals surface area contributed by atoms with Gasteiger partial charge in [0.2, 0.25) is 23.6 Å². The first-order valence-corrected chi connectivity index (χ1v) is 13.9. The zero-order valence-corrected chi connectivity index (χ0v) is 23.9. The van der Waals surface area contributed by atoms with Gasteiger partial charge in [-0.1, -0.05) is 67.9 Å². The molecule has 0 spiro atoms. The molecule has 1 aliphatic rings. The minimum Gasteiger partial charge on any atom is -0.481 e. The van der Waals surface area contributed by atoms with Gasteiger partial charge in [0.05, 0.1) is 25.9 Å². The number of aromatic amines is 1. The number of aliphatic carboxylic acids is 1. The van der Waals surface area contributed by atoms with Crippen molar-refractivity contribution in [1.82, 2.24) is 36.6 Å². The van der Waals surface area contributed by atoms with Gasteiger partial charge < -0.3 is 21.1 Å². The summed E-state index contributed by atoms with van der Waals surface area (Å²) in [6, 6.07) is 12.1. The first kappa shape index (κ1) is 30.8. The van der Waals surface area contributed by atoms with E-state index in [1.165, 1.54) is 4.90 Å². The van der Waals surface area contributed by atoms with Gasteiger partial charge in [-0.05, 0) is 28.7 Å². The largest absolute Gasteiger partial charge is 0.481 e. The fourth-order valence-corrected chi connectivity index (χ4v) is 4.86. The lowest BCUT2D eigenvalue weighted by Crippen LogP contribution is -2.54. The van der Waals surface area contributed by atoms with Gasteiger partial charge in [0.15, 0.2) is 5.82 Å². The monoisotopic (exact) mass is 590 g/mol. The molecule has 14 nitrogen and oxygen atoms in total. The highest BCUT2D eigenvalue weighted by molar-refractivity contribution is 6.05. The molecule has 14 heteroatoms. The van der Waals surface area contributed by atoms with Crippen molar-refractivity contribution in [3.05, 3.63) is 71.0 Å². The van der Waals surface area contributed by atoms with E-state index in [9.17, 15) is 24.0 Å². The zero-order chi connectivity index (χ0) is 30.9. The van der Waals surface area contributed by atoms with Crippen molar-refractivity contribution >= 4 is 35.3 Å². The molecule has 3 atom stereocenters. The number of nitrogens with zero attached hydrogens (tertiary/aromatic N) is 4. The van der Waals surface area contributed by atoms with E-state index >= 15 is 0 Å². The molecule has 1 aliphatic heterocycles. The third kappa shape index (κ3) is 7.99. The average molecular weight is 591 g/mol. The highest BCUT2D eigenvalue weighted by Gasteiger charge is 2.38. The molecule has 0 bridgehead atoms. The molecule has 5 N–H and O–H groups in total. The molecular weight excluding hydrogens is 556 g/mol. The Morgan fingerprint density at radius 3 is 2.37 bits per heavy atom. The van der Waals surface area contributed by atoms with E-state index < -0.39 is 35.8 Å². The molecule has 0 fully saturated rings. The van der Waals surface area contributed by atoms with Crippen molar-refractivity contribution in [2.24, 2.45) is 5.92 Å². The number of para-hydroxylation sites is 1. The Morgan fingerprint density at radius 2 is 1.72 bits per heavy atom. The van der Waals surface area contributed by atoms with Gasteiger partial charge in [-0.15, -0.1) is 10.2 Å². The lowest BCUT2D eigenvalue weighted by molar-refractivity contribution is -0.136. The van der Waals surface area contributed by atoms with Crippen LogP contribution in [0, 0.1) is 5.92 Å². The number of H-pyrrole nitrogens is 1. The number of benzene rings is 2. The Balaban J connectivity index is 1.38. The summed E-state index contributed by atoms with van der Waals surface area (Å²) in [5, 5.41) is 30.5. The summed E-state index contributed by atoms with van der Waals surface area (Å²) in [7, 11) is 0. The van der Waals surface area contributed by atoms with Crippen LogP contribution >= 0.6 is 0 Å². The third-order valence-electron chi connectivity index (χ3n) is 7.33. The molecule has 4 amide bonds. The number of carbonyl (C=O) groups excluding carboxylic acids is 4. The number of amides is 4. The minimum atomic E-state index is -0.945. The number of aromatic nitrogens is 4. The van der Waals surface area contributed by atoms with E-state index in [4.69, 9.17) is 5.11 Å². The van der Waals surface area contributed by atoms with Crippen LogP contribution < -0.4 is 20.9 Å². The summed E-state index contributed by atoms with van der Waals surface area (Å²) < 4.78 is 0. The van der Waals surface area contributed by atoms with Crippen LogP contribution in [0.2, 0.25) is 0 Å². The molecule has 2 aromatic carbocycles. The second-order valence-corrected chi connectivity index (χ2v) is 10.4. The Kier molecular flexibility index (Phi) is 10.1. The van der Waals surface area contributed by atoms with Gasteiger partial charge in [-0.2, -0.15) is 5.21 Å². The van der Waals surface area contributed by atoms with Crippen molar-refractivity contribution in [2.75, 3.05) is 11.4 Å². The summed E-state index contributed by atoms with van der Waals surface area (Å²) in [6.07, 6.45) is 0.781. The standard InChI is InChI=1S/C29H34N8O6/c1-3-17(2)27(32-24(38)12-18-8-10-19(11-9-18)13-26(40)41)29(43)31-16-25(39)37-21-7-5-4-6-20(21)14-22(37)28(42)30-15-23-33-35-36-34-23/h4-11,17,22,27H,3,12-16H2,1-2H3,(H,30,42)(H,31,43)(H,32,38)(H,40,41)(H,33,34,35,36)/t17-,22-,27-/m0/s1. The maximum atomic E-state index is 13.4. The molecule has 43 heavy (non-hydrogen) atoms. The summed E-state index contributed by atoms with van der Waals surface area (Å²) >= 11 is 0. The van der Waals surface area contributed by atoms with E-state index in [2.05, 4.69) is 36.6 Å². The Bertz CT molecular complexity index is 1460. The van der Waals surface area contributed by atoms with Crippen LogP contribution in [0.3, 0.4) is 0 Å². The highest BCUT2D eigenvalue weighted by atomic mass is 16.4. The fourth-order valence-electron chi connectivity index (χ4n) is 4.86. The topological polar surface area (TPSA) is 199 Å². The maximum absolute atomic E-state index is 13.4. The summed E-state index contributed by atoms with van der Waals surface area (Å²) in [6.45, 7) is 3.37. The summed E-state index contributed by atoms with van der Waals surface area (Å²) in [5.74, 6) is -2.66. The smallest absolute Gasteiger partial charge is 0.307 e. The predicted molar refractivity (Wildman–Crippen MR) is 153 cm³/mol. The first-order valence-electron chi connectivity index (χ1n) is 13.9. The quantitative estimate of drug-likeness (QED) is 0.186. The third-order valence-corrected chi connectivity index (χ3v) is 7.33. The summed E-state index contributed by atoms with van der Waals surface area (Å²) in [5.41, 5.74) is 2.69. The Hall–Kier alpha value is -5.14.